The molecular formula is C8H16ClNO. The average Bonchev–Trinajstić information content (AvgIpc) is 2.06. The second-order valence-electron chi connectivity index (χ2n) is 3.30. The van der Waals surface area contributed by atoms with Gasteiger partial charge in [-0.15, -0.1) is 0 Å². The highest BCUT2D eigenvalue weighted by molar-refractivity contribution is 6.13. The first kappa shape index (κ1) is 9.30. The highest BCUT2D eigenvalue weighted by Crippen LogP contribution is 2.19. The van der Waals surface area contributed by atoms with Crippen LogP contribution in [0.3, 0.4) is 0 Å². The Balaban J connectivity index is 2.13. The van der Waals surface area contributed by atoms with Crippen molar-refractivity contribution in [3.8, 4) is 0 Å². The van der Waals surface area contributed by atoms with Crippen LogP contribution in [0.15, 0.2) is 0 Å². The van der Waals surface area contributed by atoms with Crippen LogP contribution in [0.5, 0.6) is 0 Å². The highest BCUT2D eigenvalue weighted by atomic mass is 35.5. The molecule has 0 aromatic heterocycles. The first-order valence-corrected chi connectivity index (χ1v) is 4.64. The van der Waals surface area contributed by atoms with Gasteiger partial charge in [-0.25, -0.2) is 4.84 Å². The van der Waals surface area contributed by atoms with Crippen LogP contribution in [0.4, 0.5) is 0 Å². The molecule has 1 saturated heterocycles. The van der Waals surface area contributed by atoms with Crippen molar-refractivity contribution in [3.63, 3.8) is 0 Å². The van der Waals surface area contributed by atoms with Gasteiger partial charge in [-0.05, 0) is 43.9 Å². The molecule has 1 heterocycles. The normalized spacial score (nSPS) is 23.5. The number of hydrogen-bond acceptors (Lipinski definition) is 2. The molecule has 0 bridgehead atoms. The average molecular weight is 178 g/mol. The molecule has 0 unspecified atom stereocenters. The van der Waals surface area contributed by atoms with Gasteiger partial charge >= 0.3 is 0 Å². The zero-order valence-electron chi connectivity index (χ0n) is 6.98. The van der Waals surface area contributed by atoms with Crippen molar-refractivity contribution in [2.75, 3.05) is 13.2 Å². The highest BCUT2D eigenvalue weighted by Gasteiger charge is 2.15. The third-order valence-corrected chi connectivity index (χ3v) is 2.59. The minimum absolute atomic E-state index is 0.430. The summed E-state index contributed by atoms with van der Waals surface area (Å²) in [6.07, 6.45) is 3.57. The summed E-state index contributed by atoms with van der Waals surface area (Å²) in [7, 11) is 0. The van der Waals surface area contributed by atoms with E-state index in [2.05, 4.69) is 11.8 Å². The van der Waals surface area contributed by atoms with E-state index in [0.717, 1.165) is 19.1 Å². The molecule has 66 valence electrons. The van der Waals surface area contributed by atoms with Crippen LogP contribution >= 0.6 is 11.8 Å². The lowest BCUT2D eigenvalue weighted by atomic mass is 9.93. The molecule has 1 fully saturated rings. The van der Waals surface area contributed by atoms with Crippen LogP contribution in [-0.2, 0) is 4.74 Å². The van der Waals surface area contributed by atoms with Crippen molar-refractivity contribution in [1.29, 1.82) is 0 Å². The quantitative estimate of drug-likeness (QED) is 0.666. The molecule has 0 aliphatic carbocycles. The van der Waals surface area contributed by atoms with Gasteiger partial charge in [0, 0.05) is 19.3 Å². The molecule has 1 aliphatic rings. The summed E-state index contributed by atoms with van der Waals surface area (Å²) in [6.45, 7) is 3.97. The molecule has 0 amide bonds. The van der Waals surface area contributed by atoms with Crippen LogP contribution in [0.2, 0.25) is 0 Å². The van der Waals surface area contributed by atoms with E-state index in [1.807, 2.05) is 0 Å². The second kappa shape index (κ2) is 4.96. The van der Waals surface area contributed by atoms with E-state index in [4.69, 9.17) is 16.5 Å². The third kappa shape index (κ3) is 3.41. The van der Waals surface area contributed by atoms with Gasteiger partial charge in [0.1, 0.15) is 0 Å². The zero-order chi connectivity index (χ0) is 8.10. The number of ether oxygens (including phenoxy) is 1. The van der Waals surface area contributed by atoms with Gasteiger partial charge in [-0.3, -0.25) is 0 Å². The maximum absolute atomic E-state index is 5.49. The van der Waals surface area contributed by atoms with Gasteiger partial charge in [0.05, 0.1) is 0 Å². The van der Waals surface area contributed by atoms with Crippen LogP contribution in [0, 0.1) is 5.92 Å². The molecule has 1 atom stereocenters. The Morgan fingerprint density at radius 2 is 2.18 bits per heavy atom. The van der Waals surface area contributed by atoms with Crippen molar-refractivity contribution in [2.24, 2.45) is 5.92 Å². The molecule has 1 N–H and O–H groups in total. The van der Waals surface area contributed by atoms with Crippen LogP contribution in [-0.4, -0.2) is 19.3 Å². The molecule has 3 heteroatoms. The summed E-state index contributed by atoms with van der Waals surface area (Å²) in [4.78, 5) is 2.74. The summed E-state index contributed by atoms with van der Waals surface area (Å²) in [5, 5.41) is 0. The van der Waals surface area contributed by atoms with Gasteiger partial charge in [0.2, 0.25) is 0 Å². The van der Waals surface area contributed by atoms with E-state index in [1.165, 1.54) is 19.3 Å². The number of nitrogens with one attached hydrogen (secondary N) is 1. The Hall–Kier alpha value is 0.210. The van der Waals surface area contributed by atoms with Crippen molar-refractivity contribution in [2.45, 2.75) is 32.2 Å². The van der Waals surface area contributed by atoms with Gasteiger partial charge in [-0.2, -0.15) is 0 Å². The molecule has 1 rings (SSSR count). The Morgan fingerprint density at radius 1 is 1.55 bits per heavy atom. The van der Waals surface area contributed by atoms with Crippen molar-refractivity contribution in [1.82, 2.24) is 4.84 Å². The summed E-state index contributed by atoms with van der Waals surface area (Å²) in [5.74, 6) is 0.810. The van der Waals surface area contributed by atoms with Gasteiger partial charge in [-0.1, -0.05) is 0 Å². The largest absolute Gasteiger partial charge is 0.381 e. The Bertz CT molecular complexity index is 104. The fourth-order valence-electron chi connectivity index (χ4n) is 1.53. The van der Waals surface area contributed by atoms with E-state index >= 15 is 0 Å². The SMILES string of the molecule is C[C@H](CC1CCOCC1)NCl. The summed E-state index contributed by atoms with van der Waals surface area (Å²) in [6, 6.07) is 0.430. The smallest absolute Gasteiger partial charge is 0.0468 e. The lowest BCUT2D eigenvalue weighted by Crippen LogP contribution is -2.24. The summed E-state index contributed by atoms with van der Waals surface area (Å²) >= 11 is 5.49. The monoisotopic (exact) mass is 177 g/mol. The first-order chi connectivity index (χ1) is 5.33. The third-order valence-electron chi connectivity index (χ3n) is 2.21. The fraction of sp³-hybridized carbons (Fsp3) is 1.00. The van der Waals surface area contributed by atoms with E-state index in [0.29, 0.717) is 6.04 Å². The zero-order valence-corrected chi connectivity index (χ0v) is 7.73. The second-order valence-corrected chi connectivity index (χ2v) is 3.52. The molecule has 0 aromatic rings. The van der Waals surface area contributed by atoms with Crippen LogP contribution in [0.25, 0.3) is 0 Å². The Labute approximate surface area is 73.4 Å². The summed E-state index contributed by atoms with van der Waals surface area (Å²) in [5.41, 5.74) is 0. The first-order valence-electron chi connectivity index (χ1n) is 4.27. The van der Waals surface area contributed by atoms with Gasteiger partial charge in [0.25, 0.3) is 0 Å². The maximum atomic E-state index is 5.49. The fourth-order valence-corrected chi connectivity index (χ4v) is 1.62. The van der Waals surface area contributed by atoms with Crippen molar-refractivity contribution < 1.29 is 4.74 Å². The van der Waals surface area contributed by atoms with Gasteiger partial charge < -0.3 is 4.74 Å². The predicted molar refractivity (Wildman–Crippen MR) is 46.6 cm³/mol. The van der Waals surface area contributed by atoms with Gasteiger partial charge in [0.15, 0.2) is 0 Å². The van der Waals surface area contributed by atoms with Crippen LogP contribution < -0.4 is 4.84 Å². The minimum atomic E-state index is 0.430. The van der Waals surface area contributed by atoms with E-state index in [1.54, 1.807) is 0 Å². The lowest BCUT2D eigenvalue weighted by molar-refractivity contribution is 0.0619. The molecule has 0 saturated carbocycles. The van der Waals surface area contributed by atoms with E-state index in [9.17, 15) is 0 Å². The lowest BCUT2D eigenvalue weighted by Gasteiger charge is -2.23. The molecule has 0 aromatic carbocycles. The van der Waals surface area contributed by atoms with Crippen molar-refractivity contribution >= 4 is 11.8 Å². The van der Waals surface area contributed by atoms with Crippen LogP contribution in [0.1, 0.15) is 26.2 Å². The topological polar surface area (TPSA) is 21.3 Å². The minimum Gasteiger partial charge on any atom is -0.381 e. The van der Waals surface area contributed by atoms with E-state index in [-0.39, 0.29) is 0 Å². The number of halogens is 1. The molecule has 1 aliphatic heterocycles. The number of hydrogen-bond donors (Lipinski definition) is 1. The molecular weight excluding hydrogens is 162 g/mol. The Morgan fingerprint density at radius 3 is 2.73 bits per heavy atom. The summed E-state index contributed by atoms with van der Waals surface area (Å²) < 4.78 is 5.26. The molecule has 0 spiro atoms. The van der Waals surface area contributed by atoms with Crippen molar-refractivity contribution in [3.05, 3.63) is 0 Å². The Kier molecular flexibility index (Phi) is 4.20. The predicted octanol–water partition coefficient (Wildman–Crippen LogP) is 1.93. The molecule has 0 radical (unpaired) electrons. The standard InChI is InChI=1S/C8H16ClNO/c1-7(10-9)6-8-2-4-11-5-3-8/h7-8,10H,2-6H2,1H3/t7-/m1/s1. The molecule has 2 nitrogen and oxygen atoms in total. The van der Waals surface area contributed by atoms with E-state index < -0.39 is 0 Å². The number of rotatable bonds is 3. The maximum Gasteiger partial charge on any atom is 0.0468 e. The molecule has 11 heavy (non-hydrogen) atoms.